The van der Waals surface area contributed by atoms with E-state index in [1.807, 2.05) is 36.4 Å². The molecule has 0 saturated carbocycles. The van der Waals surface area contributed by atoms with Crippen molar-refractivity contribution in [2.24, 2.45) is 0 Å². The zero-order valence-corrected chi connectivity index (χ0v) is 23.5. The van der Waals surface area contributed by atoms with Crippen molar-refractivity contribution < 1.29 is 26.7 Å². The van der Waals surface area contributed by atoms with Crippen molar-refractivity contribution in [3.05, 3.63) is 101 Å². The first-order valence-corrected chi connectivity index (χ1v) is 14.8. The summed E-state index contributed by atoms with van der Waals surface area (Å²) < 4.78 is 47.8. The second-order valence-electron chi connectivity index (χ2n) is 9.22. The first-order chi connectivity index (χ1) is 19.2. The molecule has 2 aromatic heterocycles. The standard InChI is InChI=1S/C29H26ClFN4O4S.FH/c1-40(36,37)12-11-32-16-23-7-10-27(39-23)20-5-8-26-24(14-20)29(34-18-33-26)35-22-6-9-28(25(30)15-22)38-17-19-3-2-4-21(31)13-19;/h2-10,13-15,18,32H,11-12,16-17H2,1H3,(H,33,34,35);1H. The van der Waals surface area contributed by atoms with E-state index in [9.17, 15) is 12.8 Å². The Morgan fingerprint density at radius 1 is 1.02 bits per heavy atom. The van der Waals surface area contributed by atoms with Crippen molar-refractivity contribution in [2.75, 3.05) is 23.9 Å². The minimum Gasteiger partial charge on any atom is -0.487 e. The monoisotopic (exact) mass is 600 g/mol. The Balaban J connectivity index is 0.00000387. The van der Waals surface area contributed by atoms with E-state index in [1.165, 1.54) is 24.7 Å². The van der Waals surface area contributed by atoms with E-state index in [0.29, 0.717) is 52.5 Å². The second-order valence-corrected chi connectivity index (χ2v) is 11.9. The van der Waals surface area contributed by atoms with Crippen LogP contribution in [0.5, 0.6) is 5.75 Å². The maximum atomic E-state index is 13.4. The SMILES string of the molecule is CS(=O)(=O)CCNCc1ccc(-c2ccc3ncnc(Nc4ccc(OCc5cccc(F)c5)c(Cl)c4)c3c2)o1.F. The Morgan fingerprint density at radius 3 is 2.66 bits per heavy atom. The van der Waals surface area contributed by atoms with Crippen LogP contribution < -0.4 is 15.4 Å². The predicted octanol–water partition coefficient (Wildman–Crippen LogP) is 6.29. The fourth-order valence-electron chi connectivity index (χ4n) is 4.03. The maximum absolute atomic E-state index is 13.4. The third kappa shape index (κ3) is 8.00. The van der Waals surface area contributed by atoms with Gasteiger partial charge < -0.3 is 19.8 Å². The Morgan fingerprint density at radius 2 is 1.88 bits per heavy atom. The van der Waals surface area contributed by atoms with E-state index in [2.05, 4.69) is 20.6 Å². The highest BCUT2D eigenvalue weighted by Gasteiger charge is 2.11. The number of fused-ring (bicyclic) bond motifs is 1. The smallest absolute Gasteiger partial charge is 0.148 e. The van der Waals surface area contributed by atoms with E-state index in [-0.39, 0.29) is 22.9 Å². The summed E-state index contributed by atoms with van der Waals surface area (Å²) in [6.45, 7) is 0.956. The van der Waals surface area contributed by atoms with E-state index in [1.54, 1.807) is 24.3 Å². The van der Waals surface area contributed by atoms with Gasteiger partial charge in [0.2, 0.25) is 0 Å². The number of furan rings is 1. The van der Waals surface area contributed by atoms with Crippen LogP contribution >= 0.6 is 11.6 Å². The molecule has 0 aliphatic rings. The van der Waals surface area contributed by atoms with Crippen molar-refractivity contribution in [1.82, 2.24) is 15.3 Å². The lowest BCUT2D eigenvalue weighted by Gasteiger charge is -2.12. The number of anilines is 2. The Hall–Kier alpha value is -4.06. The van der Waals surface area contributed by atoms with Gasteiger partial charge in [-0.1, -0.05) is 23.7 Å². The van der Waals surface area contributed by atoms with Gasteiger partial charge in [0.25, 0.3) is 0 Å². The van der Waals surface area contributed by atoms with Crippen LogP contribution in [0.2, 0.25) is 5.02 Å². The zero-order chi connectivity index (χ0) is 28.1. The third-order valence-corrected chi connectivity index (χ3v) is 7.25. The first kappa shape index (κ1) is 29.9. The number of rotatable bonds is 11. The minimum absolute atomic E-state index is 0. The molecule has 8 nitrogen and oxygen atoms in total. The van der Waals surface area contributed by atoms with E-state index in [4.69, 9.17) is 20.8 Å². The molecule has 0 saturated heterocycles. The molecular weight excluding hydrogens is 574 g/mol. The largest absolute Gasteiger partial charge is 0.487 e. The predicted molar refractivity (Wildman–Crippen MR) is 157 cm³/mol. The van der Waals surface area contributed by atoms with Crippen molar-refractivity contribution in [3.63, 3.8) is 0 Å². The van der Waals surface area contributed by atoms with Gasteiger partial charge in [0.1, 0.15) is 51.7 Å². The molecule has 0 amide bonds. The van der Waals surface area contributed by atoms with Crippen LogP contribution in [0, 0.1) is 5.82 Å². The normalized spacial score (nSPS) is 11.3. The van der Waals surface area contributed by atoms with Gasteiger partial charge in [-0.25, -0.2) is 22.8 Å². The summed E-state index contributed by atoms with van der Waals surface area (Å²) in [6.07, 6.45) is 2.69. The van der Waals surface area contributed by atoms with Crippen LogP contribution in [0.25, 0.3) is 22.2 Å². The number of nitrogens with zero attached hydrogens (tertiary/aromatic N) is 2. The number of hydrogen-bond donors (Lipinski definition) is 2. The second kappa shape index (κ2) is 13.1. The number of ether oxygens (including phenoxy) is 1. The zero-order valence-electron chi connectivity index (χ0n) is 21.9. The van der Waals surface area contributed by atoms with Crippen molar-refractivity contribution >= 4 is 43.8 Å². The van der Waals surface area contributed by atoms with Crippen molar-refractivity contribution in [2.45, 2.75) is 13.2 Å². The molecule has 5 aromatic rings. The molecule has 5 rings (SSSR count). The molecule has 0 aliphatic carbocycles. The van der Waals surface area contributed by atoms with Gasteiger partial charge in [-0.3, -0.25) is 4.70 Å². The highest BCUT2D eigenvalue weighted by atomic mass is 35.5. The summed E-state index contributed by atoms with van der Waals surface area (Å²) in [6, 6.07) is 21.0. The molecule has 0 radical (unpaired) electrons. The fourth-order valence-corrected chi connectivity index (χ4v) is 4.78. The fraction of sp³-hybridized carbons (Fsp3) is 0.172. The lowest BCUT2D eigenvalue weighted by atomic mass is 10.1. The van der Waals surface area contributed by atoms with Crippen LogP contribution in [0.1, 0.15) is 11.3 Å². The van der Waals surface area contributed by atoms with Gasteiger partial charge in [-0.2, -0.15) is 0 Å². The molecule has 41 heavy (non-hydrogen) atoms. The molecule has 3 aromatic carbocycles. The van der Waals surface area contributed by atoms with Crippen LogP contribution in [0.4, 0.5) is 20.6 Å². The maximum Gasteiger partial charge on any atom is 0.148 e. The molecule has 0 fully saturated rings. The topological polar surface area (TPSA) is 106 Å². The average molecular weight is 601 g/mol. The number of aromatic nitrogens is 2. The van der Waals surface area contributed by atoms with Crippen LogP contribution in [-0.4, -0.2) is 36.9 Å². The lowest BCUT2D eigenvalue weighted by molar-refractivity contribution is 0.306. The number of halogens is 3. The molecule has 214 valence electrons. The quantitative estimate of drug-likeness (QED) is 0.170. The third-order valence-electron chi connectivity index (χ3n) is 6.01. The summed E-state index contributed by atoms with van der Waals surface area (Å²) in [5, 5.41) is 7.56. The van der Waals surface area contributed by atoms with E-state index < -0.39 is 9.84 Å². The summed E-state index contributed by atoms with van der Waals surface area (Å²) in [5.41, 5.74) is 2.99. The van der Waals surface area contributed by atoms with Gasteiger partial charge in [0, 0.05) is 29.4 Å². The van der Waals surface area contributed by atoms with E-state index in [0.717, 1.165) is 16.5 Å². The van der Waals surface area contributed by atoms with E-state index >= 15 is 0 Å². The highest BCUT2D eigenvalue weighted by molar-refractivity contribution is 7.90. The average Bonchev–Trinajstić information content (AvgIpc) is 3.39. The lowest BCUT2D eigenvalue weighted by Crippen LogP contribution is -2.21. The number of hydrogen-bond acceptors (Lipinski definition) is 8. The van der Waals surface area contributed by atoms with Crippen molar-refractivity contribution in [1.29, 1.82) is 0 Å². The molecule has 0 bridgehead atoms. The Kier molecular flexibility index (Phi) is 9.53. The molecule has 2 N–H and O–H groups in total. The Bertz CT molecular complexity index is 1770. The molecule has 0 aliphatic heterocycles. The van der Waals surface area contributed by atoms with Gasteiger partial charge in [-0.15, -0.1) is 0 Å². The van der Waals surface area contributed by atoms with Gasteiger partial charge >= 0.3 is 0 Å². The van der Waals surface area contributed by atoms with Crippen molar-refractivity contribution in [3.8, 4) is 17.1 Å². The summed E-state index contributed by atoms with van der Waals surface area (Å²) >= 11 is 6.47. The minimum atomic E-state index is -3.02. The summed E-state index contributed by atoms with van der Waals surface area (Å²) in [5.74, 6) is 2.17. The summed E-state index contributed by atoms with van der Waals surface area (Å²) in [7, 11) is -3.02. The van der Waals surface area contributed by atoms with Gasteiger partial charge in [0.15, 0.2) is 0 Å². The van der Waals surface area contributed by atoms with Gasteiger partial charge in [0.05, 0.1) is 22.8 Å². The first-order valence-electron chi connectivity index (χ1n) is 12.4. The number of nitrogens with one attached hydrogen (secondary N) is 2. The number of sulfone groups is 1. The van der Waals surface area contributed by atoms with Gasteiger partial charge in [-0.05, 0) is 66.2 Å². The molecule has 0 unspecified atom stereocenters. The number of benzene rings is 3. The summed E-state index contributed by atoms with van der Waals surface area (Å²) in [4.78, 5) is 8.80. The van der Waals surface area contributed by atoms with Crippen LogP contribution in [0.3, 0.4) is 0 Å². The molecule has 0 atom stereocenters. The Labute approximate surface area is 240 Å². The molecule has 12 heteroatoms. The van der Waals surface area contributed by atoms with Crippen LogP contribution in [0.15, 0.2) is 83.5 Å². The highest BCUT2D eigenvalue weighted by Crippen LogP contribution is 2.32. The molecular formula is C29H27ClF2N4O4S. The molecule has 0 spiro atoms. The molecule has 2 heterocycles. The van der Waals surface area contributed by atoms with Crippen LogP contribution in [-0.2, 0) is 23.0 Å².